The van der Waals surface area contributed by atoms with E-state index < -0.39 is 0 Å². The summed E-state index contributed by atoms with van der Waals surface area (Å²) in [6, 6.07) is 0. The summed E-state index contributed by atoms with van der Waals surface area (Å²) in [5, 5.41) is 0.882. The monoisotopic (exact) mass is 252 g/mol. The number of hydrogen-bond acceptors (Lipinski definition) is 3. The largest absolute Gasteiger partial charge is 0.382 e. The van der Waals surface area contributed by atoms with Gasteiger partial charge >= 0.3 is 0 Å². The molecule has 0 aromatic rings. The molecule has 1 fully saturated rings. The molecule has 0 N–H and O–H groups in total. The van der Waals surface area contributed by atoms with Crippen molar-refractivity contribution in [3.8, 4) is 0 Å². The van der Waals surface area contributed by atoms with Crippen LogP contribution in [0.5, 0.6) is 0 Å². The second-order valence-corrected chi connectivity index (χ2v) is 3.83. The number of rotatable bonds is 5. The Hall–Kier alpha value is 0.360. The molecule has 13 heavy (non-hydrogen) atoms. The third-order valence-electron chi connectivity index (χ3n) is 2.34. The van der Waals surface area contributed by atoms with E-state index in [1.807, 2.05) is 0 Å². The van der Waals surface area contributed by atoms with E-state index in [1.165, 1.54) is 0 Å². The van der Waals surface area contributed by atoms with Gasteiger partial charge in [0.05, 0.1) is 18.8 Å². The predicted octanol–water partition coefficient (Wildman–Crippen LogP) is 1.59. The molecule has 0 aliphatic carbocycles. The van der Waals surface area contributed by atoms with Gasteiger partial charge in [-0.2, -0.15) is 0 Å². The van der Waals surface area contributed by atoms with Gasteiger partial charge in [0.2, 0.25) is 0 Å². The van der Waals surface area contributed by atoms with Gasteiger partial charge in [-0.15, -0.1) is 0 Å². The van der Waals surface area contributed by atoms with E-state index in [-0.39, 0.29) is 5.60 Å². The standard InChI is InChI=1S/C9H17BrO3/c1-11-6-7-13-9(8-10)2-4-12-5-3-9/h2-8H2,1H3. The Bertz CT molecular complexity index is 135. The molecule has 78 valence electrons. The SMILES string of the molecule is COCCOC1(CBr)CCOCC1. The zero-order valence-corrected chi connectivity index (χ0v) is 9.64. The molecule has 1 aliphatic rings. The Kier molecular flexibility index (Phi) is 5.24. The fourth-order valence-corrected chi connectivity index (χ4v) is 2.12. The van der Waals surface area contributed by atoms with Crippen LogP contribution in [-0.4, -0.2) is 44.5 Å². The Morgan fingerprint density at radius 2 is 2.00 bits per heavy atom. The van der Waals surface area contributed by atoms with Crippen LogP contribution in [0.4, 0.5) is 0 Å². The Balaban J connectivity index is 2.29. The summed E-state index contributed by atoms with van der Waals surface area (Å²) in [5.41, 5.74) is -0.0171. The Morgan fingerprint density at radius 3 is 2.54 bits per heavy atom. The van der Waals surface area contributed by atoms with Gasteiger partial charge in [-0.05, 0) is 0 Å². The van der Waals surface area contributed by atoms with Crippen LogP contribution in [0.25, 0.3) is 0 Å². The van der Waals surface area contributed by atoms with Crippen molar-refractivity contribution in [2.24, 2.45) is 0 Å². The lowest BCUT2D eigenvalue weighted by Crippen LogP contribution is -2.41. The first-order chi connectivity index (χ1) is 6.33. The van der Waals surface area contributed by atoms with E-state index in [1.54, 1.807) is 7.11 Å². The first-order valence-electron chi connectivity index (χ1n) is 4.59. The van der Waals surface area contributed by atoms with Crippen LogP contribution in [0.1, 0.15) is 12.8 Å². The van der Waals surface area contributed by atoms with Crippen LogP contribution in [0.15, 0.2) is 0 Å². The quantitative estimate of drug-likeness (QED) is 0.550. The van der Waals surface area contributed by atoms with Gasteiger partial charge in [-0.1, -0.05) is 15.9 Å². The summed E-state index contributed by atoms with van der Waals surface area (Å²) in [5.74, 6) is 0. The molecule has 0 aromatic carbocycles. The topological polar surface area (TPSA) is 27.7 Å². The van der Waals surface area contributed by atoms with Crippen molar-refractivity contribution in [3.63, 3.8) is 0 Å². The second-order valence-electron chi connectivity index (χ2n) is 3.27. The molecule has 0 bridgehead atoms. The second kappa shape index (κ2) is 5.96. The normalized spacial score (nSPS) is 21.7. The average Bonchev–Trinajstić information content (AvgIpc) is 2.20. The lowest BCUT2D eigenvalue weighted by molar-refractivity contribution is -0.104. The Morgan fingerprint density at radius 1 is 1.31 bits per heavy atom. The summed E-state index contributed by atoms with van der Waals surface area (Å²) >= 11 is 3.50. The van der Waals surface area contributed by atoms with Gasteiger partial charge in [0.1, 0.15) is 0 Å². The summed E-state index contributed by atoms with van der Waals surface area (Å²) in [7, 11) is 1.69. The fraction of sp³-hybridized carbons (Fsp3) is 1.00. The Labute approximate surface area is 87.9 Å². The highest BCUT2D eigenvalue weighted by atomic mass is 79.9. The molecule has 1 rings (SSSR count). The van der Waals surface area contributed by atoms with Crippen LogP contribution >= 0.6 is 15.9 Å². The summed E-state index contributed by atoms with van der Waals surface area (Å²) in [4.78, 5) is 0. The van der Waals surface area contributed by atoms with Gasteiger partial charge in [0.25, 0.3) is 0 Å². The highest BCUT2D eigenvalue weighted by Crippen LogP contribution is 2.26. The van der Waals surface area contributed by atoms with Crippen molar-refractivity contribution in [1.29, 1.82) is 0 Å². The summed E-state index contributed by atoms with van der Waals surface area (Å²) in [6.45, 7) is 2.94. The number of ether oxygens (including phenoxy) is 3. The van der Waals surface area contributed by atoms with Crippen molar-refractivity contribution in [2.45, 2.75) is 18.4 Å². The minimum Gasteiger partial charge on any atom is -0.382 e. The van der Waals surface area contributed by atoms with Crippen LogP contribution in [0.2, 0.25) is 0 Å². The molecule has 3 nitrogen and oxygen atoms in total. The van der Waals surface area contributed by atoms with Crippen molar-refractivity contribution >= 4 is 15.9 Å². The predicted molar refractivity (Wildman–Crippen MR) is 54.4 cm³/mol. The molecular weight excluding hydrogens is 236 g/mol. The minimum absolute atomic E-state index is 0.0171. The smallest absolute Gasteiger partial charge is 0.0823 e. The molecule has 0 spiro atoms. The number of hydrogen-bond donors (Lipinski definition) is 0. The number of methoxy groups -OCH3 is 1. The van der Waals surface area contributed by atoms with Crippen molar-refractivity contribution in [1.82, 2.24) is 0 Å². The molecule has 1 aliphatic heterocycles. The average molecular weight is 253 g/mol. The van der Waals surface area contributed by atoms with E-state index in [0.29, 0.717) is 13.2 Å². The van der Waals surface area contributed by atoms with Crippen LogP contribution in [0.3, 0.4) is 0 Å². The lowest BCUT2D eigenvalue weighted by Gasteiger charge is -2.35. The van der Waals surface area contributed by atoms with Gasteiger partial charge in [0.15, 0.2) is 0 Å². The molecule has 1 saturated heterocycles. The van der Waals surface area contributed by atoms with E-state index in [0.717, 1.165) is 31.4 Å². The van der Waals surface area contributed by atoms with E-state index in [2.05, 4.69) is 15.9 Å². The fourth-order valence-electron chi connectivity index (χ4n) is 1.40. The van der Waals surface area contributed by atoms with Gasteiger partial charge in [-0.25, -0.2) is 0 Å². The maximum atomic E-state index is 5.81. The first-order valence-corrected chi connectivity index (χ1v) is 5.72. The molecule has 0 saturated carbocycles. The maximum absolute atomic E-state index is 5.81. The maximum Gasteiger partial charge on any atom is 0.0823 e. The van der Waals surface area contributed by atoms with Crippen LogP contribution in [0, 0.1) is 0 Å². The van der Waals surface area contributed by atoms with Gasteiger partial charge in [-0.3, -0.25) is 0 Å². The van der Waals surface area contributed by atoms with E-state index in [4.69, 9.17) is 14.2 Å². The highest BCUT2D eigenvalue weighted by molar-refractivity contribution is 9.09. The summed E-state index contributed by atoms with van der Waals surface area (Å²) in [6.07, 6.45) is 1.95. The third kappa shape index (κ3) is 3.54. The van der Waals surface area contributed by atoms with Crippen molar-refractivity contribution < 1.29 is 14.2 Å². The molecule has 0 unspecified atom stereocenters. The zero-order chi connectivity index (χ0) is 9.57. The molecule has 4 heteroatoms. The molecule has 0 amide bonds. The minimum atomic E-state index is -0.0171. The molecule has 0 atom stereocenters. The number of alkyl halides is 1. The molecule has 1 heterocycles. The highest BCUT2D eigenvalue weighted by Gasteiger charge is 2.32. The van der Waals surface area contributed by atoms with Crippen LogP contribution in [-0.2, 0) is 14.2 Å². The van der Waals surface area contributed by atoms with E-state index >= 15 is 0 Å². The van der Waals surface area contributed by atoms with E-state index in [9.17, 15) is 0 Å². The van der Waals surface area contributed by atoms with Gasteiger partial charge in [0, 0.05) is 38.5 Å². The van der Waals surface area contributed by atoms with Crippen LogP contribution < -0.4 is 0 Å². The van der Waals surface area contributed by atoms with Crippen molar-refractivity contribution in [2.75, 3.05) is 38.9 Å². The first kappa shape index (κ1) is 11.4. The lowest BCUT2D eigenvalue weighted by atomic mass is 9.97. The van der Waals surface area contributed by atoms with Gasteiger partial charge < -0.3 is 14.2 Å². The third-order valence-corrected chi connectivity index (χ3v) is 3.37. The molecular formula is C9H17BrO3. The molecule has 0 aromatic heterocycles. The van der Waals surface area contributed by atoms with Crippen molar-refractivity contribution in [3.05, 3.63) is 0 Å². The number of halogens is 1. The molecule has 0 radical (unpaired) electrons. The summed E-state index contributed by atoms with van der Waals surface area (Å²) < 4.78 is 16.1. The zero-order valence-electron chi connectivity index (χ0n) is 8.05.